The van der Waals surface area contributed by atoms with E-state index >= 15 is 0 Å². The molecule has 1 heterocycles. The van der Waals surface area contributed by atoms with E-state index in [1.54, 1.807) is 0 Å². The molecule has 0 saturated carbocycles. The zero-order valence-electron chi connectivity index (χ0n) is 8.94. The van der Waals surface area contributed by atoms with E-state index in [-0.39, 0.29) is 6.61 Å². The second-order valence-electron chi connectivity index (χ2n) is 3.73. The molecule has 0 saturated heterocycles. The van der Waals surface area contributed by atoms with E-state index in [0.717, 1.165) is 22.4 Å². The number of aliphatic hydroxyl groups is 1. The van der Waals surface area contributed by atoms with Gasteiger partial charge in [-0.3, -0.25) is 0 Å². The van der Waals surface area contributed by atoms with E-state index in [2.05, 4.69) is 5.10 Å². The highest BCUT2D eigenvalue weighted by atomic mass is 16.3. The number of aromatic nitrogens is 2. The van der Waals surface area contributed by atoms with Crippen LogP contribution >= 0.6 is 0 Å². The molecule has 0 bridgehead atoms. The van der Waals surface area contributed by atoms with Crippen LogP contribution in [0.15, 0.2) is 30.6 Å². The van der Waals surface area contributed by atoms with Crippen LogP contribution in [0.4, 0.5) is 0 Å². The largest absolute Gasteiger partial charge is 0.392 e. The lowest BCUT2D eigenvalue weighted by atomic mass is 10.1. The van der Waals surface area contributed by atoms with Crippen LogP contribution in [0.2, 0.25) is 0 Å². The Hall–Kier alpha value is -1.61. The van der Waals surface area contributed by atoms with Gasteiger partial charge in [-0.2, -0.15) is 5.10 Å². The predicted octanol–water partition coefficient (Wildman–Crippen LogP) is 1.98. The van der Waals surface area contributed by atoms with Crippen LogP contribution in [0, 0.1) is 13.8 Å². The highest BCUT2D eigenvalue weighted by Gasteiger charge is 2.01. The molecule has 1 N–H and O–H groups in total. The second-order valence-corrected chi connectivity index (χ2v) is 3.73. The molecule has 0 aliphatic rings. The minimum Gasteiger partial charge on any atom is -0.392 e. The van der Waals surface area contributed by atoms with Crippen molar-refractivity contribution in [2.45, 2.75) is 20.5 Å². The van der Waals surface area contributed by atoms with Crippen LogP contribution in [0.25, 0.3) is 5.69 Å². The van der Waals surface area contributed by atoms with Crippen molar-refractivity contribution < 1.29 is 5.11 Å². The highest BCUT2D eigenvalue weighted by molar-refractivity contribution is 5.39. The Morgan fingerprint density at radius 3 is 2.67 bits per heavy atom. The van der Waals surface area contributed by atoms with Gasteiger partial charge in [-0.05, 0) is 42.7 Å². The van der Waals surface area contributed by atoms with Crippen molar-refractivity contribution >= 4 is 0 Å². The third-order valence-corrected chi connectivity index (χ3v) is 2.47. The number of benzene rings is 1. The van der Waals surface area contributed by atoms with Crippen molar-refractivity contribution in [2.75, 3.05) is 0 Å². The number of hydrogen-bond donors (Lipinski definition) is 1. The third kappa shape index (κ3) is 1.92. The number of aliphatic hydroxyl groups excluding tert-OH is 1. The van der Waals surface area contributed by atoms with E-state index in [0.29, 0.717) is 0 Å². The molecule has 15 heavy (non-hydrogen) atoms. The molecule has 1 aromatic heterocycles. The van der Waals surface area contributed by atoms with Gasteiger partial charge in [0.1, 0.15) is 0 Å². The van der Waals surface area contributed by atoms with Crippen molar-refractivity contribution in [3.63, 3.8) is 0 Å². The topological polar surface area (TPSA) is 38.0 Å². The van der Waals surface area contributed by atoms with Crippen molar-refractivity contribution in [2.24, 2.45) is 0 Å². The molecule has 0 fully saturated rings. The molecule has 0 unspecified atom stereocenters. The second kappa shape index (κ2) is 3.87. The van der Waals surface area contributed by atoms with Crippen LogP contribution < -0.4 is 0 Å². The Kier molecular flexibility index (Phi) is 2.56. The predicted molar refractivity (Wildman–Crippen MR) is 59.0 cm³/mol. The summed E-state index contributed by atoms with van der Waals surface area (Å²) in [7, 11) is 0. The summed E-state index contributed by atoms with van der Waals surface area (Å²) in [6.45, 7) is 4.09. The van der Waals surface area contributed by atoms with Gasteiger partial charge in [0.05, 0.1) is 18.5 Å². The Bertz CT molecular complexity index is 474. The van der Waals surface area contributed by atoms with Gasteiger partial charge in [-0.25, -0.2) is 4.68 Å². The zero-order chi connectivity index (χ0) is 10.8. The molecule has 0 atom stereocenters. The van der Waals surface area contributed by atoms with Crippen LogP contribution in [-0.4, -0.2) is 14.9 Å². The average Bonchev–Trinajstić information content (AvgIpc) is 2.65. The summed E-state index contributed by atoms with van der Waals surface area (Å²) in [4.78, 5) is 0. The molecule has 2 aromatic rings. The van der Waals surface area contributed by atoms with Crippen LogP contribution in [-0.2, 0) is 6.61 Å². The molecule has 78 valence electrons. The lowest BCUT2D eigenvalue weighted by Gasteiger charge is -2.06. The van der Waals surface area contributed by atoms with Gasteiger partial charge in [0.2, 0.25) is 0 Å². The molecule has 0 aliphatic carbocycles. The number of rotatable bonds is 2. The monoisotopic (exact) mass is 202 g/mol. The minimum absolute atomic E-state index is 0.0875. The van der Waals surface area contributed by atoms with Crippen molar-refractivity contribution in [3.05, 3.63) is 47.3 Å². The highest BCUT2D eigenvalue weighted by Crippen LogP contribution is 2.14. The maximum absolute atomic E-state index is 9.06. The fourth-order valence-electron chi connectivity index (χ4n) is 1.55. The van der Waals surface area contributed by atoms with E-state index in [1.165, 1.54) is 0 Å². The normalized spacial score (nSPS) is 10.6. The summed E-state index contributed by atoms with van der Waals surface area (Å²) in [5, 5.41) is 13.3. The molecule has 0 spiro atoms. The fourth-order valence-corrected chi connectivity index (χ4v) is 1.55. The Morgan fingerprint density at radius 1 is 1.33 bits per heavy atom. The summed E-state index contributed by atoms with van der Waals surface area (Å²) in [5.74, 6) is 0. The van der Waals surface area contributed by atoms with Gasteiger partial charge < -0.3 is 5.11 Å². The van der Waals surface area contributed by atoms with Crippen LogP contribution in [0.5, 0.6) is 0 Å². The summed E-state index contributed by atoms with van der Waals surface area (Å²) in [6, 6.07) is 5.92. The zero-order valence-corrected chi connectivity index (χ0v) is 8.94. The molecular formula is C12H14N2O. The first kappa shape index (κ1) is 9.93. The molecule has 3 nitrogen and oxygen atoms in total. The van der Waals surface area contributed by atoms with E-state index in [4.69, 9.17) is 5.11 Å². The van der Waals surface area contributed by atoms with Crippen molar-refractivity contribution in [1.29, 1.82) is 0 Å². The summed E-state index contributed by atoms with van der Waals surface area (Å²) in [6.07, 6.45) is 3.81. The molecular weight excluding hydrogens is 188 g/mol. The first-order valence-corrected chi connectivity index (χ1v) is 4.93. The number of hydrogen-bond acceptors (Lipinski definition) is 2. The first-order valence-electron chi connectivity index (χ1n) is 4.93. The minimum atomic E-state index is 0.0875. The quantitative estimate of drug-likeness (QED) is 0.808. The molecule has 0 radical (unpaired) electrons. The van der Waals surface area contributed by atoms with Gasteiger partial charge in [0.25, 0.3) is 0 Å². The maximum Gasteiger partial charge on any atom is 0.0684 e. The van der Waals surface area contributed by atoms with Gasteiger partial charge in [0.15, 0.2) is 0 Å². The van der Waals surface area contributed by atoms with E-state index < -0.39 is 0 Å². The molecule has 1 aromatic carbocycles. The first-order chi connectivity index (χ1) is 7.20. The van der Waals surface area contributed by atoms with Gasteiger partial charge >= 0.3 is 0 Å². The SMILES string of the molecule is Cc1cnn(-c2ccc(CO)c(C)c2)c1. The van der Waals surface area contributed by atoms with Gasteiger partial charge in [-0.15, -0.1) is 0 Å². The Labute approximate surface area is 89.0 Å². The van der Waals surface area contributed by atoms with Crippen LogP contribution in [0.1, 0.15) is 16.7 Å². The van der Waals surface area contributed by atoms with E-state index in [9.17, 15) is 0 Å². The molecule has 0 amide bonds. The number of aryl methyl sites for hydroxylation is 2. The Morgan fingerprint density at radius 2 is 2.13 bits per heavy atom. The molecule has 0 aliphatic heterocycles. The lowest BCUT2D eigenvalue weighted by Crippen LogP contribution is -1.97. The van der Waals surface area contributed by atoms with Gasteiger partial charge in [-0.1, -0.05) is 6.07 Å². The standard InChI is InChI=1S/C12H14N2O/c1-9-6-13-14(7-9)12-4-3-11(8-15)10(2)5-12/h3-7,15H,8H2,1-2H3. The van der Waals surface area contributed by atoms with E-state index in [1.807, 2.05) is 49.1 Å². The summed E-state index contributed by atoms with van der Waals surface area (Å²) in [5.41, 5.74) is 4.21. The smallest absolute Gasteiger partial charge is 0.0684 e. The van der Waals surface area contributed by atoms with Crippen molar-refractivity contribution in [3.8, 4) is 5.69 Å². The molecule has 3 heteroatoms. The lowest BCUT2D eigenvalue weighted by molar-refractivity contribution is 0.281. The maximum atomic E-state index is 9.06. The summed E-state index contributed by atoms with van der Waals surface area (Å²) < 4.78 is 1.84. The van der Waals surface area contributed by atoms with Crippen LogP contribution in [0.3, 0.4) is 0 Å². The average molecular weight is 202 g/mol. The van der Waals surface area contributed by atoms with Gasteiger partial charge in [0, 0.05) is 6.20 Å². The summed E-state index contributed by atoms with van der Waals surface area (Å²) >= 11 is 0. The number of nitrogens with zero attached hydrogens (tertiary/aromatic N) is 2. The Balaban J connectivity index is 2.42. The molecule has 2 rings (SSSR count). The fraction of sp³-hybridized carbons (Fsp3) is 0.250. The third-order valence-electron chi connectivity index (χ3n) is 2.47. The van der Waals surface area contributed by atoms with Crippen molar-refractivity contribution in [1.82, 2.24) is 9.78 Å².